The number of carbonyl (C=O) groups excluding carboxylic acids is 2. The van der Waals surface area contributed by atoms with Crippen LogP contribution in [0, 0.1) is 5.92 Å². The summed E-state index contributed by atoms with van der Waals surface area (Å²) in [5.41, 5.74) is 0.0486. The van der Waals surface area contributed by atoms with Crippen molar-refractivity contribution in [1.82, 2.24) is 5.32 Å². The summed E-state index contributed by atoms with van der Waals surface area (Å²) in [7, 11) is 1.36. The second-order valence-corrected chi connectivity index (χ2v) is 6.41. The number of esters is 1. The molecule has 0 spiro atoms. The summed E-state index contributed by atoms with van der Waals surface area (Å²) in [6.45, 7) is 2.33. The summed E-state index contributed by atoms with van der Waals surface area (Å²) in [6, 6.07) is 9.29. The molecule has 21 heavy (non-hydrogen) atoms. The normalized spacial score (nSPS) is 34.9. The number of rotatable bonds is 2. The zero-order valence-corrected chi connectivity index (χ0v) is 12.7. The van der Waals surface area contributed by atoms with Gasteiger partial charge in [-0.15, -0.1) is 0 Å². The number of benzene rings is 1. The summed E-state index contributed by atoms with van der Waals surface area (Å²) in [5, 5.41) is 3.06. The van der Waals surface area contributed by atoms with Crippen LogP contribution < -0.4 is 10.2 Å². The number of carbonyl (C=O) groups is 2. The number of piperidine rings is 2. The number of methoxy groups -OCH3 is 1. The van der Waals surface area contributed by atoms with E-state index in [1.165, 1.54) is 7.11 Å². The lowest BCUT2D eigenvalue weighted by Crippen LogP contribution is -2.79. The van der Waals surface area contributed by atoms with Crippen molar-refractivity contribution in [1.29, 1.82) is 0 Å². The molecule has 2 bridgehead atoms. The Labute approximate surface area is 128 Å². The highest BCUT2D eigenvalue weighted by atomic mass is 35.5. The van der Waals surface area contributed by atoms with Gasteiger partial charge in [0.15, 0.2) is 5.00 Å². The van der Waals surface area contributed by atoms with E-state index in [4.69, 9.17) is 16.3 Å². The zero-order chi connectivity index (χ0) is 15.3. The summed E-state index contributed by atoms with van der Waals surface area (Å²) in [6.07, 6.45) is 0.236. The molecule has 1 amide bonds. The lowest BCUT2D eigenvalue weighted by Gasteiger charge is -2.58. The Morgan fingerprint density at radius 3 is 2.71 bits per heavy atom. The van der Waals surface area contributed by atoms with Gasteiger partial charge in [-0.2, -0.15) is 0 Å². The number of hydrogen-bond donors (Lipinski definition) is 1. The minimum absolute atomic E-state index is 0.218. The van der Waals surface area contributed by atoms with Gasteiger partial charge >= 0.3 is 5.97 Å². The van der Waals surface area contributed by atoms with Gasteiger partial charge < -0.3 is 9.64 Å². The number of para-hydroxylation sites is 1. The standard InChI is InChI=1S/C15H17ClN2O3/c1-14-9-17-15(16,8-11(14)12(19)21-2)13(20)18(14)10-6-4-3-5-7-10/h3-7,11,17H,8-9H2,1-2H3/t11-,14-,15+/m0/s1. The first-order valence-corrected chi connectivity index (χ1v) is 7.22. The van der Waals surface area contributed by atoms with Gasteiger partial charge in [0.2, 0.25) is 0 Å². The number of nitrogens with zero attached hydrogens (tertiary/aromatic N) is 1. The Bertz CT molecular complexity index is 594. The molecule has 1 N–H and O–H groups in total. The summed E-state index contributed by atoms with van der Waals surface area (Å²) in [4.78, 5) is 25.3. The third-order valence-corrected chi connectivity index (χ3v) is 4.97. The topological polar surface area (TPSA) is 58.6 Å². The Hall–Kier alpha value is -1.59. The van der Waals surface area contributed by atoms with E-state index in [2.05, 4.69) is 5.32 Å². The molecule has 3 atom stereocenters. The molecule has 3 heterocycles. The van der Waals surface area contributed by atoms with E-state index in [0.717, 1.165) is 5.69 Å². The number of hydrogen-bond acceptors (Lipinski definition) is 4. The van der Waals surface area contributed by atoms with Crippen molar-refractivity contribution in [3.8, 4) is 0 Å². The minimum atomic E-state index is -1.24. The molecule has 3 aliphatic heterocycles. The van der Waals surface area contributed by atoms with Gasteiger partial charge in [0.05, 0.1) is 18.6 Å². The Morgan fingerprint density at radius 1 is 1.43 bits per heavy atom. The SMILES string of the molecule is COC(=O)[C@@H]1C[C@@]2(Cl)NC[C@]1(C)N(c1ccccc1)C2=O. The molecule has 0 saturated carbocycles. The molecule has 0 radical (unpaired) electrons. The molecule has 0 aliphatic carbocycles. The predicted molar refractivity (Wildman–Crippen MR) is 79.0 cm³/mol. The van der Waals surface area contributed by atoms with Crippen LogP contribution in [0.15, 0.2) is 30.3 Å². The number of fused-ring (bicyclic) bond motifs is 3. The van der Waals surface area contributed by atoms with E-state index in [-0.39, 0.29) is 18.3 Å². The van der Waals surface area contributed by atoms with Crippen molar-refractivity contribution >= 4 is 29.2 Å². The maximum atomic E-state index is 12.8. The molecule has 3 aliphatic rings. The van der Waals surface area contributed by atoms with Crippen molar-refractivity contribution in [3.05, 3.63) is 30.3 Å². The molecule has 6 heteroatoms. The van der Waals surface area contributed by atoms with Crippen LogP contribution >= 0.6 is 11.6 Å². The van der Waals surface area contributed by atoms with Gasteiger partial charge in [-0.1, -0.05) is 29.8 Å². The van der Waals surface area contributed by atoms with Crippen LogP contribution in [0.4, 0.5) is 5.69 Å². The molecule has 1 aromatic rings. The fraction of sp³-hybridized carbons (Fsp3) is 0.467. The van der Waals surface area contributed by atoms with Crippen molar-refractivity contribution in [2.75, 3.05) is 18.6 Å². The van der Waals surface area contributed by atoms with Crippen LogP contribution in [0.1, 0.15) is 13.3 Å². The van der Waals surface area contributed by atoms with E-state index < -0.39 is 16.5 Å². The van der Waals surface area contributed by atoms with E-state index in [1.54, 1.807) is 4.90 Å². The lowest BCUT2D eigenvalue weighted by atomic mass is 9.71. The van der Waals surface area contributed by atoms with Crippen molar-refractivity contribution in [2.45, 2.75) is 23.9 Å². The molecule has 0 unspecified atom stereocenters. The minimum Gasteiger partial charge on any atom is -0.469 e. The van der Waals surface area contributed by atoms with E-state index in [9.17, 15) is 9.59 Å². The third kappa shape index (κ3) is 1.95. The molecule has 0 aromatic heterocycles. The van der Waals surface area contributed by atoms with Crippen molar-refractivity contribution < 1.29 is 14.3 Å². The number of anilines is 1. The average Bonchev–Trinajstić information content (AvgIpc) is 2.49. The zero-order valence-electron chi connectivity index (χ0n) is 11.9. The fourth-order valence-corrected chi connectivity index (χ4v) is 3.60. The third-order valence-electron chi connectivity index (χ3n) is 4.52. The van der Waals surface area contributed by atoms with Crippen LogP contribution in [0.2, 0.25) is 0 Å². The van der Waals surface area contributed by atoms with Gasteiger partial charge in [-0.25, -0.2) is 0 Å². The van der Waals surface area contributed by atoms with E-state index in [0.29, 0.717) is 6.54 Å². The summed E-state index contributed by atoms with van der Waals surface area (Å²) >= 11 is 6.44. The Kier molecular flexibility index (Phi) is 3.22. The Morgan fingerprint density at radius 2 is 2.10 bits per heavy atom. The number of amides is 1. The van der Waals surface area contributed by atoms with Gasteiger partial charge in [0, 0.05) is 18.7 Å². The van der Waals surface area contributed by atoms with Gasteiger partial charge in [-0.3, -0.25) is 14.9 Å². The van der Waals surface area contributed by atoms with Crippen molar-refractivity contribution in [3.63, 3.8) is 0 Å². The highest BCUT2D eigenvalue weighted by Gasteiger charge is 2.63. The first-order valence-electron chi connectivity index (χ1n) is 6.84. The van der Waals surface area contributed by atoms with Gasteiger partial charge in [0.25, 0.3) is 5.91 Å². The molecule has 3 saturated heterocycles. The van der Waals surface area contributed by atoms with Crippen LogP contribution in [0.25, 0.3) is 0 Å². The van der Waals surface area contributed by atoms with Crippen LogP contribution in [0.5, 0.6) is 0 Å². The van der Waals surface area contributed by atoms with E-state index in [1.807, 2.05) is 37.3 Å². The molecule has 4 rings (SSSR count). The highest BCUT2D eigenvalue weighted by molar-refractivity contribution is 6.37. The molecule has 5 nitrogen and oxygen atoms in total. The molecule has 1 aromatic carbocycles. The highest BCUT2D eigenvalue weighted by Crippen LogP contribution is 2.47. The quantitative estimate of drug-likeness (QED) is 0.511. The Balaban J connectivity index is 2.10. The second kappa shape index (κ2) is 4.71. The maximum absolute atomic E-state index is 12.8. The van der Waals surface area contributed by atoms with Gasteiger partial charge in [-0.05, 0) is 19.1 Å². The lowest BCUT2D eigenvalue weighted by molar-refractivity contribution is -0.153. The van der Waals surface area contributed by atoms with Crippen molar-refractivity contribution in [2.24, 2.45) is 5.92 Å². The average molecular weight is 309 g/mol. The van der Waals surface area contributed by atoms with E-state index >= 15 is 0 Å². The van der Waals surface area contributed by atoms with Gasteiger partial charge in [0.1, 0.15) is 0 Å². The molecule has 3 fully saturated rings. The maximum Gasteiger partial charge on any atom is 0.311 e. The molecular formula is C15H17ClN2O3. The second-order valence-electron chi connectivity index (χ2n) is 5.77. The number of alkyl halides is 1. The van der Waals surface area contributed by atoms with Crippen LogP contribution in [-0.2, 0) is 14.3 Å². The first-order chi connectivity index (χ1) is 9.92. The number of piperazine rings is 1. The van der Waals surface area contributed by atoms with Crippen LogP contribution in [0.3, 0.4) is 0 Å². The number of ether oxygens (including phenoxy) is 1. The predicted octanol–water partition coefficient (Wildman–Crippen LogP) is 1.51. The summed E-state index contributed by atoms with van der Waals surface area (Å²) < 4.78 is 4.91. The summed E-state index contributed by atoms with van der Waals surface area (Å²) in [5.74, 6) is -1.01. The number of nitrogens with one attached hydrogen (secondary N) is 1. The fourth-order valence-electron chi connectivity index (χ4n) is 3.29. The first kappa shape index (κ1) is 14.4. The monoisotopic (exact) mass is 308 g/mol. The largest absolute Gasteiger partial charge is 0.469 e. The smallest absolute Gasteiger partial charge is 0.311 e. The molecule has 112 valence electrons. The van der Waals surface area contributed by atoms with Crippen LogP contribution in [-0.4, -0.2) is 36.1 Å². The molecular weight excluding hydrogens is 292 g/mol. The number of halogens is 1.